The van der Waals surface area contributed by atoms with Crippen molar-refractivity contribution in [3.63, 3.8) is 0 Å². The van der Waals surface area contributed by atoms with Gasteiger partial charge in [-0.05, 0) is 0 Å². The highest BCUT2D eigenvalue weighted by Crippen LogP contribution is 1.72. The highest BCUT2D eigenvalue weighted by Gasteiger charge is 1.80. The fourth-order valence-corrected chi connectivity index (χ4v) is 0.637. The Balaban J connectivity index is 3.03. The average molecular weight is 102 g/mol. The fraction of sp³-hybridized carbons (Fsp3) is 0. The third kappa shape index (κ3) is 1.16. The van der Waals surface area contributed by atoms with Crippen LogP contribution in [0.15, 0.2) is 24.3 Å². The molecule has 0 aromatic heterocycles. The fourth-order valence-electron chi connectivity index (χ4n) is 0.637. The van der Waals surface area contributed by atoms with E-state index >= 15 is 0 Å². The van der Waals surface area contributed by atoms with Gasteiger partial charge in [-0.2, -0.15) is 0 Å². The van der Waals surface area contributed by atoms with Crippen LogP contribution in [0, 0.1) is 0 Å². The average Bonchev–Trinajstić information content (AvgIpc) is 1.77. The second-order valence-electron chi connectivity index (χ2n) is 2.15. The molecule has 0 unspecified atom stereocenters. The zero-order valence-electron chi connectivity index (χ0n) is 5.31. The van der Waals surface area contributed by atoms with E-state index in [1.165, 1.54) is 10.9 Å². The normalized spacial score (nSPS) is 9.00. The van der Waals surface area contributed by atoms with Gasteiger partial charge < -0.3 is 0 Å². The number of benzene rings is 1. The standard InChI is InChI=1S/C6H8B2/c7-5-1-2-6(8)4-3-5/h1-4H,7-8H2. The molecule has 1 aromatic carbocycles. The molecule has 8 heavy (non-hydrogen) atoms. The second-order valence-corrected chi connectivity index (χ2v) is 2.15. The van der Waals surface area contributed by atoms with Gasteiger partial charge in [0.2, 0.25) is 0 Å². The zero-order chi connectivity index (χ0) is 5.98. The van der Waals surface area contributed by atoms with E-state index in [0.29, 0.717) is 0 Å². The zero-order valence-corrected chi connectivity index (χ0v) is 5.31. The molecule has 0 aliphatic carbocycles. The SMILES string of the molecule is Bc1ccc(B)cc1. The smallest absolute Gasteiger partial charge is 0.0890 e. The molecule has 0 radical (unpaired) electrons. The van der Waals surface area contributed by atoms with Crippen molar-refractivity contribution in [3.8, 4) is 0 Å². The highest BCUT2D eigenvalue weighted by molar-refractivity contribution is 6.35. The van der Waals surface area contributed by atoms with Crippen LogP contribution in [0.25, 0.3) is 0 Å². The van der Waals surface area contributed by atoms with Crippen LogP contribution < -0.4 is 10.9 Å². The first kappa shape index (κ1) is 5.49. The molecule has 0 amide bonds. The molecule has 0 saturated carbocycles. The Labute approximate surface area is 51.7 Å². The number of rotatable bonds is 0. The van der Waals surface area contributed by atoms with Crippen molar-refractivity contribution >= 4 is 26.6 Å². The van der Waals surface area contributed by atoms with E-state index in [1.54, 1.807) is 0 Å². The number of hydrogen-bond donors (Lipinski definition) is 0. The number of hydrogen-bond acceptors (Lipinski definition) is 0. The lowest BCUT2D eigenvalue weighted by molar-refractivity contribution is 1.85. The summed E-state index contributed by atoms with van der Waals surface area (Å²) >= 11 is 0. The largest absolute Gasteiger partial charge is 0.139 e. The molecule has 1 aromatic rings. The monoisotopic (exact) mass is 102 g/mol. The summed E-state index contributed by atoms with van der Waals surface area (Å²) in [6, 6.07) is 8.48. The van der Waals surface area contributed by atoms with Crippen LogP contribution in [-0.2, 0) is 0 Å². The minimum Gasteiger partial charge on any atom is -0.0890 e. The van der Waals surface area contributed by atoms with Crippen molar-refractivity contribution in [1.29, 1.82) is 0 Å². The third-order valence-corrected chi connectivity index (χ3v) is 1.22. The minimum absolute atomic E-state index is 1.33. The van der Waals surface area contributed by atoms with E-state index in [-0.39, 0.29) is 0 Å². The molecule has 0 aliphatic heterocycles. The summed E-state index contributed by atoms with van der Waals surface area (Å²) in [4.78, 5) is 0. The maximum Gasteiger partial charge on any atom is 0.139 e. The van der Waals surface area contributed by atoms with Crippen molar-refractivity contribution in [2.24, 2.45) is 0 Å². The summed E-state index contributed by atoms with van der Waals surface area (Å²) in [5.41, 5.74) is 2.66. The summed E-state index contributed by atoms with van der Waals surface area (Å²) in [5.74, 6) is 0. The van der Waals surface area contributed by atoms with Gasteiger partial charge in [-0.1, -0.05) is 35.2 Å². The van der Waals surface area contributed by atoms with Crippen molar-refractivity contribution in [1.82, 2.24) is 0 Å². The minimum atomic E-state index is 1.33. The van der Waals surface area contributed by atoms with Crippen molar-refractivity contribution in [2.75, 3.05) is 0 Å². The van der Waals surface area contributed by atoms with E-state index in [1.807, 2.05) is 0 Å². The van der Waals surface area contributed by atoms with Gasteiger partial charge in [-0.15, -0.1) is 0 Å². The van der Waals surface area contributed by atoms with E-state index in [9.17, 15) is 0 Å². The van der Waals surface area contributed by atoms with Gasteiger partial charge in [0.1, 0.15) is 15.7 Å². The first-order valence-electron chi connectivity index (χ1n) is 2.82. The van der Waals surface area contributed by atoms with Gasteiger partial charge in [-0.25, -0.2) is 0 Å². The van der Waals surface area contributed by atoms with Gasteiger partial charge in [0, 0.05) is 0 Å². The molecule has 2 heteroatoms. The highest BCUT2D eigenvalue weighted by atomic mass is 13.8. The molecular formula is C6H8B2. The summed E-state index contributed by atoms with van der Waals surface area (Å²) in [6.07, 6.45) is 0. The van der Waals surface area contributed by atoms with Crippen LogP contribution in [-0.4, -0.2) is 15.7 Å². The summed E-state index contributed by atoms with van der Waals surface area (Å²) in [5, 5.41) is 0. The molecule has 1 rings (SSSR count). The molecule has 0 aliphatic rings. The molecule has 0 atom stereocenters. The van der Waals surface area contributed by atoms with Crippen molar-refractivity contribution in [2.45, 2.75) is 0 Å². The van der Waals surface area contributed by atoms with Gasteiger partial charge in [0.25, 0.3) is 0 Å². The third-order valence-electron chi connectivity index (χ3n) is 1.22. The maximum absolute atomic E-state index is 2.12. The van der Waals surface area contributed by atoms with E-state index in [4.69, 9.17) is 0 Å². The van der Waals surface area contributed by atoms with E-state index < -0.39 is 0 Å². The Morgan fingerprint density at radius 2 is 1.00 bits per heavy atom. The lowest BCUT2D eigenvalue weighted by atomic mass is 9.90. The van der Waals surface area contributed by atoms with Gasteiger partial charge in [0.15, 0.2) is 0 Å². The molecule has 0 nitrogen and oxygen atoms in total. The molecule has 0 saturated heterocycles. The second kappa shape index (κ2) is 2.08. The van der Waals surface area contributed by atoms with E-state index in [2.05, 4.69) is 40.0 Å². The molecule has 0 bridgehead atoms. The van der Waals surface area contributed by atoms with Crippen LogP contribution in [0.4, 0.5) is 0 Å². The molecule has 0 N–H and O–H groups in total. The maximum atomic E-state index is 2.12. The summed E-state index contributed by atoms with van der Waals surface area (Å²) in [6.45, 7) is 0. The predicted octanol–water partition coefficient (Wildman–Crippen LogP) is -1.80. The molecular weight excluding hydrogens is 93.7 g/mol. The first-order chi connectivity index (χ1) is 3.79. The molecule has 0 fully saturated rings. The topological polar surface area (TPSA) is 0 Å². The Bertz CT molecular complexity index is 145. The predicted molar refractivity (Wildman–Crippen MR) is 42.8 cm³/mol. The van der Waals surface area contributed by atoms with Crippen LogP contribution in [0.1, 0.15) is 0 Å². The van der Waals surface area contributed by atoms with Crippen LogP contribution >= 0.6 is 0 Å². The lowest BCUT2D eigenvalue weighted by Gasteiger charge is -1.90. The van der Waals surface area contributed by atoms with Gasteiger partial charge in [0.05, 0.1) is 0 Å². The van der Waals surface area contributed by atoms with Crippen molar-refractivity contribution in [3.05, 3.63) is 24.3 Å². The molecule has 38 valence electrons. The van der Waals surface area contributed by atoms with Crippen molar-refractivity contribution < 1.29 is 0 Å². The quantitative estimate of drug-likeness (QED) is 0.339. The van der Waals surface area contributed by atoms with Crippen LogP contribution in [0.3, 0.4) is 0 Å². The molecule has 0 heterocycles. The summed E-state index contributed by atoms with van der Waals surface area (Å²) in [7, 11) is 4.19. The summed E-state index contributed by atoms with van der Waals surface area (Å²) < 4.78 is 0. The Hall–Kier alpha value is -0.650. The van der Waals surface area contributed by atoms with E-state index in [0.717, 1.165) is 0 Å². The lowest BCUT2D eigenvalue weighted by Crippen LogP contribution is -2.07. The van der Waals surface area contributed by atoms with Gasteiger partial charge in [-0.3, -0.25) is 0 Å². The Morgan fingerprint density at radius 3 is 1.25 bits per heavy atom. The van der Waals surface area contributed by atoms with Crippen LogP contribution in [0.5, 0.6) is 0 Å². The molecule has 0 spiro atoms. The Morgan fingerprint density at radius 1 is 0.750 bits per heavy atom. The Kier molecular flexibility index (Phi) is 1.43. The van der Waals surface area contributed by atoms with Gasteiger partial charge >= 0.3 is 0 Å². The van der Waals surface area contributed by atoms with Crippen LogP contribution in [0.2, 0.25) is 0 Å². The first-order valence-corrected chi connectivity index (χ1v) is 2.82.